The highest BCUT2D eigenvalue weighted by atomic mass is 35.5. The first-order valence-electron chi connectivity index (χ1n) is 11.0. The van der Waals surface area contributed by atoms with E-state index in [9.17, 15) is 14.3 Å². The van der Waals surface area contributed by atoms with Gasteiger partial charge in [0.2, 0.25) is 0 Å². The van der Waals surface area contributed by atoms with Gasteiger partial charge < -0.3 is 24.4 Å². The molecule has 1 fully saturated rings. The molecule has 10 heteroatoms. The van der Waals surface area contributed by atoms with Crippen LogP contribution in [0, 0.1) is 5.82 Å². The maximum absolute atomic E-state index is 14.5. The molecule has 0 radical (unpaired) electrons. The van der Waals surface area contributed by atoms with Crippen LogP contribution >= 0.6 is 11.6 Å². The van der Waals surface area contributed by atoms with Crippen LogP contribution in [0.4, 0.5) is 14.9 Å². The largest absolute Gasteiger partial charge is 0.507 e. The fourth-order valence-electron chi connectivity index (χ4n) is 4.40. The van der Waals surface area contributed by atoms with Gasteiger partial charge in [0.25, 0.3) is 5.88 Å². The summed E-state index contributed by atoms with van der Waals surface area (Å²) in [5.41, 5.74) is 0.976. The Hall–Kier alpha value is -3.33. The Balaban J connectivity index is 1.51. The van der Waals surface area contributed by atoms with Gasteiger partial charge in [-0.1, -0.05) is 17.7 Å². The lowest BCUT2D eigenvalue weighted by Crippen LogP contribution is -2.59. The highest BCUT2D eigenvalue weighted by Gasteiger charge is 2.38. The zero-order valence-corrected chi connectivity index (χ0v) is 19.8. The number of hydrogen-bond acceptors (Lipinski definition) is 7. The van der Waals surface area contributed by atoms with Crippen LogP contribution < -0.4 is 9.64 Å². The summed E-state index contributed by atoms with van der Waals surface area (Å²) in [5.74, 6) is -0.422. The molecule has 1 atom stereocenters. The maximum Gasteiger partial charge on any atom is 0.410 e. The second kappa shape index (κ2) is 8.16. The molecule has 0 spiro atoms. The van der Waals surface area contributed by atoms with Crippen molar-refractivity contribution in [2.45, 2.75) is 32.4 Å². The molecule has 3 aromatic rings. The number of aromatic nitrogens is 2. The first-order chi connectivity index (χ1) is 16.1. The van der Waals surface area contributed by atoms with E-state index in [0.29, 0.717) is 48.6 Å². The molecule has 0 bridgehead atoms. The van der Waals surface area contributed by atoms with Crippen molar-refractivity contribution in [2.75, 3.05) is 31.1 Å². The minimum atomic E-state index is -0.589. The van der Waals surface area contributed by atoms with Crippen molar-refractivity contribution in [3.63, 3.8) is 0 Å². The number of fused-ring (bicyclic) bond motifs is 5. The van der Waals surface area contributed by atoms with E-state index >= 15 is 0 Å². The monoisotopic (exact) mass is 486 g/mol. The lowest BCUT2D eigenvalue weighted by Gasteiger charge is -2.45. The quantitative estimate of drug-likeness (QED) is 0.537. The Kier molecular flexibility index (Phi) is 5.39. The average Bonchev–Trinajstić information content (AvgIpc) is 2.77. The SMILES string of the molecule is CC(C)(C)OC(=O)N1CCN2c3c(nnc4cc(-c5c(O)cccc5F)c(Cl)cc34)OC[C@H]2C1. The van der Waals surface area contributed by atoms with E-state index in [1.165, 1.54) is 18.2 Å². The number of phenolic OH excluding ortho intramolecular Hbond substituents is 1. The number of aromatic hydroxyl groups is 1. The lowest BCUT2D eigenvalue weighted by atomic mass is 10.0. The molecule has 1 amide bonds. The Morgan fingerprint density at radius 3 is 2.79 bits per heavy atom. The average molecular weight is 487 g/mol. The normalized spacial score (nSPS) is 17.7. The van der Waals surface area contributed by atoms with Gasteiger partial charge in [0, 0.05) is 35.6 Å². The number of amides is 1. The Labute approximate surface area is 200 Å². The number of hydrogen-bond donors (Lipinski definition) is 1. The van der Waals surface area contributed by atoms with Crippen LogP contribution in [0.15, 0.2) is 30.3 Å². The van der Waals surface area contributed by atoms with Crippen molar-refractivity contribution in [3.05, 3.63) is 41.2 Å². The van der Waals surface area contributed by atoms with E-state index in [2.05, 4.69) is 15.1 Å². The first kappa shape index (κ1) is 22.5. The molecule has 5 rings (SSSR count). The van der Waals surface area contributed by atoms with Gasteiger partial charge in [-0.05, 0) is 45.0 Å². The summed E-state index contributed by atoms with van der Waals surface area (Å²) in [6.45, 7) is 7.33. The number of phenols is 1. The van der Waals surface area contributed by atoms with E-state index in [4.69, 9.17) is 21.1 Å². The van der Waals surface area contributed by atoms with E-state index in [-0.39, 0.29) is 28.5 Å². The third-order valence-corrected chi connectivity index (χ3v) is 6.20. The molecule has 0 aliphatic carbocycles. The highest BCUT2D eigenvalue weighted by Crippen LogP contribution is 2.43. The standard InChI is InChI=1S/C24H24ClFN4O4/c1-24(2,3)34-23(32)29-7-8-30-13(11-29)12-33-22-21(30)15-9-16(25)14(10-18(15)27-28-22)20-17(26)5-4-6-19(20)31/h4-6,9-10,13,31H,7-8,11-12H2,1-3H3/t13-/m1/s1. The van der Waals surface area contributed by atoms with Crippen molar-refractivity contribution in [3.8, 4) is 22.8 Å². The summed E-state index contributed by atoms with van der Waals surface area (Å²) < 4.78 is 25.9. The second-order valence-corrected chi connectivity index (χ2v) is 9.83. The van der Waals surface area contributed by atoms with Crippen LogP contribution in [0.3, 0.4) is 0 Å². The number of rotatable bonds is 1. The smallest absolute Gasteiger partial charge is 0.410 e. The van der Waals surface area contributed by atoms with E-state index in [0.717, 1.165) is 5.69 Å². The molecular weight excluding hydrogens is 463 g/mol. The van der Waals surface area contributed by atoms with Gasteiger partial charge in [-0.15, -0.1) is 10.2 Å². The molecule has 2 aromatic carbocycles. The molecule has 2 aliphatic rings. The van der Waals surface area contributed by atoms with Gasteiger partial charge in [0.1, 0.15) is 29.5 Å². The predicted molar refractivity (Wildman–Crippen MR) is 126 cm³/mol. The molecule has 8 nitrogen and oxygen atoms in total. The van der Waals surface area contributed by atoms with Crippen LogP contribution in [0.25, 0.3) is 22.0 Å². The van der Waals surface area contributed by atoms with Crippen LogP contribution in [-0.2, 0) is 4.74 Å². The number of ether oxygens (including phenoxy) is 2. The van der Waals surface area contributed by atoms with Crippen molar-refractivity contribution in [1.82, 2.24) is 15.1 Å². The summed E-state index contributed by atoms with van der Waals surface area (Å²) in [7, 11) is 0. The maximum atomic E-state index is 14.5. The van der Waals surface area contributed by atoms with Crippen molar-refractivity contribution in [1.29, 1.82) is 0 Å². The summed E-state index contributed by atoms with van der Waals surface area (Å²) in [6, 6.07) is 7.29. The Morgan fingerprint density at radius 2 is 2.06 bits per heavy atom. The number of carbonyl (C=O) groups excluding carboxylic acids is 1. The van der Waals surface area contributed by atoms with Gasteiger partial charge in [-0.2, -0.15) is 0 Å². The van der Waals surface area contributed by atoms with Gasteiger partial charge in [-0.25, -0.2) is 9.18 Å². The van der Waals surface area contributed by atoms with Crippen molar-refractivity contribution >= 4 is 34.3 Å². The zero-order chi connectivity index (χ0) is 24.2. The summed E-state index contributed by atoms with van der Waals surface area (Å²) in [5, 5.41) is 19.7. The predicted octanol–water partition coefficient (Wildman–Crippen LogP) is 4.61. The molecule has 178 valence electrons. The summed E-state index contributed by atoms with van der Waals surface area (Å²) in [6.07, 6.45) is -0.354. The molecule has 0 unspecified atom stereocenters. The van der Waals surface area contributed by atoms with Gasteiger partial charge in [0.15, 0.2) is 0 Å². The minimum absolute atomic E-state index is 0.00835. The molecule has 2 aliphatic heterocycles. The van der Waals surface area contributed by atoms with Crippen LogP contribution in [-0.4, -0.2) is 64.2 Å². The summed E-state index contributed by atoms with van der Waals surface area (Å²) in [4.78, 5) is 16.4. The van der Waals surface area contributed by atoms with E-state index in [1.807, 2.05) is 20.8 Å². The number of nitrogens with zero attached hydrogens (tertiary/aromatic N) is 4. The molecule has 34 heavy (non-hydrogen) atoms. The van der Waals surface area contributed by atoms with Crippen molar-refractivity contribution in [2.24, 2.45) is 0 Å². The lowest BCUT2D eigenvalue weighted by molar-refractivity contribution is 0.0194. The number of carbonyl (C=O) groups is 1. The second-order valence-electron chi connectivity index (χ2n) is 9.42. The highest BCUT2D eigenvalue weighted by molar-refractivity contribution is 6.34. The van der Waals surface area contributed by atoms with E-state index in [1.54, 1.807) is 17.0 Å². The number of piperazine rings is 1. The topological polar surface area (TPSA) is 88.0 Å². The summed E-state index contributed by atoms with van der Waals surface area (Å²) >= 11 is 6.57. The number of halogens is 2. The molecule has 0 saturated carbocycles. The van der Waals surface area contributed by atoms with Crippen molar-refractivity contribution < 1.29 is 23.8 Å². The van der Waals surface area contributed by atoms with Gasteiger partial charge in [0.05, 0.1) is 17.1 Å². The van der Waals surface area contributed by atoms with Gasteiger partial charge in [-0.3, -0.25) is 0 Å². The fourth-order valence-corrected chi connectivity index (χ4v) is 4.66. The molecule has 1 saturated heterocycles. The van der Waals surface area contributed by atoms with Crippen LogP contribution in [0.5, 0.6) is 11.6 Å². The molecule has 1 N–H and O–H groups in total. The molecular formula is C24H24ClFN4O4. The van der Waals surface area contributed by atoms with E-state index < -0.39 is 11.4 Å². The third-order valence-electron chi connectivity index (χ3n) is 5.89. The first-order valence-corrected chi connectivity index (χ1v) is 11.4. The zero-order valence-electron chi connectivity index (χ0n) is 19.0. The van der Waals surface area contributed by atoms with Crippen LogP contribution in [0.2, 0.25) is 5.02 Å². The molecule has 3 heterocycles. The van der Waals surface area contributed by atoms with Gasteiger partial charge >= 0.3 is 6.09 Å². The Morgan fingerprint density at radius 1 is 1.26 bits per heavy atom. The number of benzene rings is 2. The Bertz CT molecular complexity index is 1280. The third kappa shape index (κ3) is 3.94. The van der Waals surface area contributed by atoms with Crippen LogP contribution in [0.1, 0.15) is 20.8 Å². The number of anilines is 1. The molecule has 1 aromatic heterocycles. The fraction of sp³-hybridized carbons (Fsp3) is 0.375. The minimum Gasteiger partial charge on any atom is -0.507 e.